The molecule has 3 nitrogen and oxygen atoms in total. The van der Waals surface area contributed by atoms with Crippen molar-refractivity contribution in [3.8, 4) is 0 Å². The maximum absolute atomic E-state index is 9.79. The summed E-state index contributed by atoms with van der Waals surface area (Å²) in [5, 5.41) is 9.79. The molecular weight excluding hydrogens is 200 g/mol. The lowest BCUT2D eigenvalue weighted by atomic mass is 9.97. The first kappa shape index (κ1) is 10.1. The van der Waals surface area contributed by atoms with Crippen LogP contribution in [0.3, 0.4) is 0 Å². The molecule has 0 bridgehead atoms. The fourth-order valence-corrected chi connectivity index (χ4v) is 2.73. The molecule has 1 aliphatic heterocycles. The Bertz CT molecular complexity index is 383. The van der Waals surface area contributed by atoms with Gasteiger partial charge in [0.2, 0.25) is 0 Å². The zero-order valence-corrected chi connectivity index (χ0v) is 9.69. The van der Waals surface area contributed by atoms with Crippen molar-refractivity contribution < 1.29 is 5.11 Å². The van der Waals surface area contributed by atoms with Crippen LogP contribution in [0, 0.1) is 6.92 Å². The molecule has 1 N–H and O–H groups in total. The first-order chi connectivity index (χ1) is 7.70. The van der Waals surface area contributed by atoms with Gasteiger partial charge in [-0.15, -0.1) is 0 Å². The van der Waals surface area contributed by atoms with E-state index in [1.54, 1.807) is 0 Å². The Kier molecular flexibility index (Phi) is 2.18. The highest BCUT2D eigenvalue weighted by atomic mass is 16.3. The monoisotopic (exact) mass is 218 g/mol. The van der Waals surface area contributed by atoms with E-state index < -0.39 is 0 Å². The third-order valence-electron chi connectivity index (χ3n) is 3.94. The van der Waals surface area contributed by atoms with E-state index in [1.807, 2.05) is 19.2 Å². The third-order valence-corrected chi connectivity index (χ3v) is 3.94. The fraction of sp³-hybridized carbons (Fsp3) is 0.615. The van der Waals surface area contributed by atoms with E-state index in [0.717, 1.165) is 25.1 Å². The predicted molar refractivity (Wildman–Crippen MR) is 63.5 cm³/mol. The van der Waals surface area contributed by atoms with Crippen LogP contribution in [-0.4, -0.2) is 28.3 Å². The second-order valence-corrected chi connectivity index (χ2v) is 5.19. The SMILES string of the molecule is Cc1ccc(N2CC(O)CCC23CC3)cn1. The highest BCUT2D eigenvalue weighted by Crippen LogP contribution is 2.49. The summed E-state index contributed by atoms with van der Waals surface area (Å²) in [6.45, 7) is 2.77. The maximum atomic E-state index is 9.79. The highest BCUT2D eigenvalue weighted by molar-refractivity contribution is 5.50. The Morgan fingerprint density at radius 3 is 2.81 bits per heavy atom. The number of nitrogens with zero attached hydrogens (tertiary/aromatic N) is 2. The molecule has 1 atom stereocenters. The number of aliphatic hydroxyl groups excluding tert-OH is 1. The summed E-state index contributed by atoms with van der Waals surface area (Å²) in [6, 6.07) is 4.17. The van der Waals surface area contributed by atoms with Gasteiger partial charge in [0.05, 0.1) is 18.0 Å². The molecule has 1 aromatic rings. The summed E-state index contributed by atoms with van der Waals surface area (Å²) in [7, 11) is 0. The van der Waals surface area contributed by atoms with Crippen LogP contribution < -0.4 is 4.90 Å². The quantitative estimate of drug-likeness (QED) is 0.782. The molecule has 16 heavy (non-hydrogen) atoms. The number of aliphatic hydroxyl groups is 1. The van der Waals surface area contributed by atoms with E-state index in [1.165, 1.54) is 18.5 Å². The minimum absolute atomic E-state index is 0.174. The lowest BCUT2D eigenvalue weighted by Crippen LogP contribution is -2.47. The van der Waals surface area contributed by atoms with Gasteiger partial charge in [0.15, 0.2) is 0 Å². The molecule has 3 heteroatoms. The number of rotatable bonds is 1. The number of pyridine rings is 1. The second kappa shape index (κ2) is 3.45. The van der Waals surface area contributed by atoms with Gasteiger partial charge in [0.25, 0.3) is 0 Å². The molecule has 2 fully saturated rings. The smallest absolute Gasteiger partial charge is 0.0716 e. The van der Waals surface area contributed by atoms with Gasteiger partial charge in [-0.25, -0.2) is 0 Å². The number of aryl methyl sites for hydroxylation is 1. The molecule has 0 radical (unpaired) electrons. The Morgan fingerprint density at radius 1 is 1.38 bits per heavy atom. The molecule has 1 aromatic heterocycles. The lowest BCUT2D eigenvalue weighted by molar-refractivity contribution is 0.138. The molecule has 1 saturated carbocycles. The second-order valence-electron chi connectivity index (χ2n) is 5.19. The third kappa shape index (κ3) is 1.59. The standard InChI is InChI=1S/C13H18N2O/c1-10-2-3-11(8-14-10)15-9-12(16)4-5-13(15)6-7-13/h2-3,8,12,16H,4-7,9H2,1H3. The van der Waals surface area contributed by atoms with Crippen molar-refractivity contribution in [1.29, 1.82) is 0 Å². The van der Waals surface area contributed by atoms with Gasteiger partial charge in [-0.1, -0.05) is 0 Å². The molecular formula is C13H18N2O. The summed E-state index contributed by atoms with van der Waals surface area (Å²) < 4.78 is 0. The van der Waals surface area contributed by atoms with E-state index in [0.29, 0.717) is 5.54 Å². The summed E-state index contributed by atoms with van der Waals surface area (Å²) in [5.41, 5.74) is 2.57. The van der Waals surface area contributed by atoms with Gasteiger partial charge in [-0.3, -0.25) is 4.98 Å². The van der Waals surface area contributed by atoms with Crippen molar-refractivity contribution >= 4 is 5.69 Å². The fourth-order valence-electron chi connectivity index (χ4n) is 2.73. The average molecular weight is 218 g/mol. The van der Waals surface area contributed by atoms with Crippen molar-refractivity contribution in [2.24, 2.45) is 0 Å². The van der Waals surface area contributed by atoms with Crippen LogP contribution in [0.4, 0.5) is 5.69 Å². The molecule has 1 aliphatic carbocycles. The van der Waals surface area contributed by atoms with E-state index in [2.05, 4.69) is 16.0 Å². The Morgan fingerprint density at radius 2 is 2.19 bits per heavy atom. The average Bonchev–Trinajstić information content (AvgIpc) is 3.05. The van der Waals surface area contributed by atoms with Crippen LogP contribution in [0.2, 0.25) is 0 Å². The van der Waals surface area contributed by atoms with E-state index in [9.17, 15) is 5.11 Å². The molecule has 1 spiro atoms. The molecule has 3 rings (SSSR count). The van der Waals surface area contributed by atoms with E-state index in [4.69, 9.17) is 0 Å². The minimum atomic E-state index is -0.174. The molecule has 1 unspecified atom stereocenters. The van der Waals surface area contributed by atoms with E-state index in [-0.39, 0.29) is 6.10 Å². The normalized spacial score (nSPS) is 27.1. The zero-order chi connectivity index (χ0) is 11.2. The molecule has 0 amide bonds. The minimum Gasteiger partial charge on any atom is -0.391 e. The number of hydrogen-bond donors (Lipinski definition) is 1. The summed E-state index contributed by atoms with van der Waals surface area (Å²) in [6.07, 6.45) is 6.39. The molecule has 1 saturated heterocycles. The molecule has 0 aromatic carbocycles. The van der Waals surface area contributed by atoms with Crippen LogP contribution in [0.1, 0.15) is 31.4 Å². The zero-order valence-electron chi connectivity index (χ0n) is 9.69. The van der Waals surface area contributed by atoms with Crippen molar-refractivity contribution in [3.05, 3.63) is 24.0 Å². The molecule has 86 valence electrons. The van der Waals surface area contributed by atoms with Crippen molar-refractivity contribution in [2.45, 2.75) is 44.2 Å². The first-order valence-corrected chi connectivity index (χ1v) is 6.08. The van der Waals surface area contributed by atoms with Crippen LogP contribution in [0.15, 0.2) is 18.3 Å². The number of β-amino-alcohol motifs (C(OH)–C–C–N with tert-alkyl or cyclic N) is 1. The molecule has 2 aliphatic rings. The number of hydrogen-bond acceptors (Lipinski definition) is 3. The van der Waals surface area contributed by atoms with Crippen LogP contribution in [0.5, 0.6) is 0 Å². The lowest BCUT2D eigenvalue weighted by Gasteiger charge is -2.40. The number of aromatic nitrogens is 1. The Labute approximate surface area is 96.1 Å². The number of anilines is 1. The summed E-state index contributed by atoms with van der Waals surface area (Å²) in [4.78, 5) is 6.72. The van der Waals surface area contributed by atoms with Crippen molar-refractivity contribution in [1.82, 2.24) is 4.98 Å². The Balaban J connectivity index is 1.89. The van der Waals surface area contributed by atoms with Gasteiger partial charge in [-0.05, 0) is 44.7 Å². The van der Waals surface area contributed by atoms with Crippen LogP contribution >= 0.6 is 0 Å². The van der Waals surface area contributed by atoms with Crippen molar-refractivity contribution in [2.75, 3.05) is 11.4 Å². The number of piperidine rings is 1. The van der Waals surface area contributed by atoms with Gasteiger partial charge < -0.3 is 10.0 Å². The predicted octanol–water partition coefficient (Wildman–Crippen LogP) is 1.88. The van der Waals surface area contributed by atoms with Crippen LogP contribution in [0.25, 0.3) is 0 Å². The van der Waals surface area contributed by atoms with Gasteiger partial charge in [0, 0.05) is 17.8 Å². The van der Waals surface area contributed by atoms with Gasteiger partial charge in [-0.2, -0.15) is 0 Å². The topological polar surface area (TPSA) is 36.4 Å². The first-order valence-electron chi connectivity index (χ1n) is 6.08. The Hall–Kier alpha value is -1.09. The summed E-state index contributed by atoms with van der Waals surface area (Å²) >= 11 is 0. The molecule has 2 heterocycles. The largest absolute Gasteiger partial charge is 0.391 e. The maximum Gasteiger partial charge on any atom is 0.0716 e. The van der Waals surface area contributed by atoms with Gasteiger partial charge in [0.1, 0.15) is 0 Å². The summed E-state index contributed by atoms with van der Waals surface area (Å²) in [5.74, 6) is 0. The van der Waals surface area contributed by atoms with Crippen molar-refractivity contribution in [3.63, 3.8) is 0 Å². The van der Waals surface area contributed by atoms with Gasteiger partial charge >= 0.3 is 0 Å². The van der Waals surface area contributed by atoms with Crippen LogP contribution in [-0.2, 0) is 0 Å². The highest BCUT2D eigenvalue weighted by Gasteiger charge is 2.50. The van der Waals surface area contributed by atoms with E-state index >= 15 is 0 Å².